The van der Waals surface area contributed by atoms with E-state index in [0.717, 1.165) is 10.5 Å². The first-order valence-corrected chi connectivity index (χ1v) is 7.06. The van der Waals surface area contributed by atoms with Crippen molar-refractivity contribution in [2.45, 2.75) is 19.0 Å². The molecule has 0 aromatic heterocycles. The Morgan fingerprint density at radius 1 is 1.33 bits per heavy atom. The lowest BCUT2D eigenvalue weighted by atomic mass is 10.1. The number of hydrogen-bond donors (Lipinski definition) is 1. The van der Waals surface area contributed by atoms with Gasteiger partial charge in [-0.3, -0.25) is 14.5 Å². The lowest BCUT2D eigenvalue weighted by Crippen LogP contribution is -2.36. The molecule has 3 rings (SSSR count). The van der Waals surface area contributed by atoms with E-state index in [2.05, 4.69) is 5.32 Å². The van der Waals surface area contributed by atoms with Gasteiger partial charge in [0.15, 0.2) is 11.5 Å². The summed E-state index contributed by atoms with van der Waals surface area (Å²) < 4.78 is 11.0. The van der Waals surface area contributed by atoms with Gasteiger partial charge in [0, 0.05) is 13.6 Å². The van der Waals surface area contributed by atoms with E-state index in [1.165, 1.54) is 7.05 Å². The number of hydrogen-bond acceptors (Lipinski definition) is 5. The number of nitrogens with one attached hydrogen (secondary N) is 1. The molecule has 2 aliphatic rings. The van der Waals surface area contributed by atoms with Gasteiger partial charge in [0.2, 0.25) is 11.8 Å². The van der Waals surface area contributed by atoms with Gasteiger partial charge in [-0.15, -0.1) is 0 Å². The molecule has 2 aliphatic heterocycles. The minimum atomic E-state index is -0.477. The number of fused-ring (bicyclic) bond motifs is 1. The van der Waals surface area contributed by atoms with Crippen molar-refractivity contribution in [2.24, 2.45) is 0 Å². The van der Waals surface area contributed by atoms with Crippen LogP contribution in [0.2, 0.25) is 5.02 Å². The first-order chi connectivity index (χ1) is 10.1. The molecule has 0 spiro atoms. The third kappa shape index (κ3) is 2.69. The molecule has 1 aromatic rings. The van der Waals surface area contributed by atoms with E-state index in [-0.39, 0.29) is 18.2 Å². The molecule has 1 N–H and O–H groups in total. The number of carbonyl (C=O) groups is 2. The van der Waals surface area contributed by atoms with Crippen LogP contribution in [0.1, 0.15) is 12.0 Å². The Kier molecular flexibility index (Phi) is 3.73. The van der Waals surface area contributed by atoms with E-state index in [1.54, 1.807) is 6.07 Å². The van der Waals surface area contributed by atoms with Crippen molar-refractivity contribution < 1.29 is 19.1 Å². The van der Waals surface area contributed by atoms with Gasteiger partial charge in [-0.25, -0.2) is 0 Å². The van der Waals surface area contributed by atoms with E-state index in [1.807, 2.05) is 6.07 Å². The molecule has 2 amide bonds. The van der Waals surface area contributed by atoms with Crippen molar-refractivity contribution in [3.8, 4) is 11.5 Å². The fraction of sp³-hybridized carbons (Fsp3) is 0.429. The topological polar surface area (TPSA) is 67.9 Å². The van der Waals surface area contributed by atoms with Gasteiger partial charge in [-0.05, 0) is 17.7 Å². The Morgan fingerprint density at radius 3 is 2.81 bits per heavy atom. The second-order valence-corrected chi connectivity index (χ2v) is 5.44. The van der Waals surface area contributed by atoms with Gasteiger partial charge in [-0.1, -0.05) is 11.6 Å². The number of likely N-dealkylation sites (N-methyl/N-ethyl adjacent to an activating group) is 1. The summed E-state index contributed by atoms with van der Waals surface area (Å²) in [6, 6.07) is 3.13. The Bertz CT molecular complexity index is 605. The van der Waals surface area contributed by atoms with E-state index < -0.39 is 6.04 Å². The third-order valence-corrected chi connectivity index (χ3v) is 3.87. The summed E-state index contributed by atoms with van der Waals surface area (Å²) in [5.74, 6) is 0.788. The number of likely N-dealkylation sites (tertiary alicyclic amines) is 1. The van der Waals surface area contributed by atoms with Crippen LogP contribution in [0.5, 0.6) is 11.5 Å². The van der Waals surface area contributed by atoms with Crippen molar-refractivity contribution in [3.05, 3.63) is 22.7 Å². The first-order valence-electron chi connectivity index (χ1n) is 6.68. The van der Waals surface area contributed by atoms with Crippen molar-refractivity contribution in [3.63, 3.8) is 0 Å². The van der Waals surface area contributed by atoms with Crippen LogP contribution in [0.25, 0.3) is 0 Å². The van der Waals surface area contributed by atoms with E-state index in [9.17, 15) is 9.59 Å². The summed E-state index contributed by atoms with van der Waals surface area (Å²) in [6.45, 7) is 1.39. The zero-order valence-electron chi connectivity index (χ0n) is 11.5. The number of nitrogens with zero attached hydrogens (tertiary/aromatic N) is 1. The zero-order chi connectivity index (χ0) is 15.0. The van der Waals surface area contributed by atoms with Crippen LogP contribution in [0.4, 0.5) is 0 Å². The van der Waals surface area contributed by atoms with Crippen LogP contribution in [-0.4, -0.2) is 43.0 Å². The Hall–Kier alpha value is -1.79. The van der Waals surface area contributed by atoms with Crippen molar-refractivity contribution in [2.75, 3.05) is 20.3 Å². The molecule has 21 heavy (non-hydrogen) atoms. The van der Waals surface area contributed by atoms with Crippen LogP contribution in [0.15, 0.2) is 12.1 Å². The molecule has 0 bridgehead atoms. The van der Waals surface area contributed by atoms with Crippen molar-refractivity contribution in [1.82, 2.24) is 10.2 Å². The fourth-order valence-corrected chi connectivity index (χ4v) is 2.71. The highest BCUT2D eigenvalue weighted by molar-refractivity contribution is 6.32. The summed E-state index contributed by atoms with van der Waals surface area (Å²) in [4.78, 5) is 24.4. The van der Waals surface area contributed by atoms with E-state index in [0.29, 0.717) is 36.3 Å². The second kappa shape index (κ2) is 5.54. The predicted molar refractivity (Wildman–Crippen MR) is 75.5 cm³/mol. The minimum absolute atomic E-state index is 0.169. The van der Waals surface area contributed by atoms with E-state index >= 15 is 0 Å². The molecule has 1 fully saturated rings. The molecule has 0 saturated carbocycles. The SMILES string of the molecule is CN1C(=O)CC(NCc2cc(Cl)c3c(c2)OCCO3)C1=O. The minimum Gasteiger partial charge on any atom is -0.486 e. The molecule has 1 unspecified atom stereocenters. The number of rotatable bonds is 3. The highest BCUT2D eigenvalue weighted by Gasteiger charge is 2.35. The molecule has 112 valence electrons. The van der Waals surface area contributed by atoms with Gasteiger partial charge in [0.25, 0.3) is 0 Å². The average Bonchev–Trinajstić information content (AvgIpc) is 2.72. The average molecular weight is 311 g/mol. The maximum Gasteiger partial charge on any atom is 0.246 e. The Balaban J connectivity index is 1.70. The van der Waals surface area contributed by atoms with Crippen molar-refractivity contribution in [1.29, 1.82) is 0 Å². The van der Waals surface area contributed by atoms with Gasteiger partial charge in [0.1, 0.15) is 13.2 Å². The highest BCUT2D eigenvalue weighted by atomic mass is 35.5. The standard InChI is InChI=1S/C14H15ClN2O4/c1-17-12(18)6-10(14(17)19)16-7-8-4-9(15)13-11(5-8)20-2-3-21-13/h4-5,10,16H,2-3,6-7H2,1H3. The monoisotopic (exact) mass is 310 g/mol. The first kappa shape index (κ1) is 14.2. The molecule has 0 radical (unpaired) electrons. The van der Waals surface area contributed by atoms with Crippen molar-refractivity contribution >= 4 is 23.4 Å². The molecule has 1 aromatic carbocycles. The number of amides is 2. The summed E-state index contributed by atoms with van der Waals surface area (Å²) >= 11 is 6.16. The summed E-state index contributed by atoms with van der Waals surface area (Å²) in [5, 5.41) is 3.56. The lowest BCUT2D eigenvalue weighted by molar-refractivity contribution is -0.137. The normalized spacial score (nSPS) is 21.0. The quantitative estimate of drug-likeness (QED) is 0.842. The molecule has 0 aliphatic carbocycles. The summed E-state index contributed by atoms with van der Waals surface area (Å²) in [5.41, 5.74) is 0.874. The summed E-state index contributed by atoms with van der Waals surface area (Å²) in [6.07, 6.45) is 0.188. The number of halogens is 1. The van der Waals surface area contributed by atoms with Crippen LogP contribution >= 0.6 is 11.6 Å². The van der Waals surface area contributed by atoms with Gasteiger partial charge < -0.3 is 14.8 Å². The molecular formula is C14H15ClN2O4. The second-order valence-electron chi connectivity index (χ2n) is 5.03. The van der Waals surface area contributed by atoms with Crippen LogP contribution in [0.3, 0.4) is 0 Å². The Morgan fingerprint density at radius 2 is 2.10 bits per heavy atom. The number of ether oxygens (including phenoxy) is 2. The van der Waals surface area contributed by atoms with Crippen LogP contribution in [-0.2, 0) is 16.1 Å². The molecule has 1 atom stereocenters. The maximum absolute atomic E-state index is 11.8. The Labute approximate surface area is 127 Å². The van der Waals surface area contributed by atoms with Crippen LogP contribution in [0, 0.1) is 0 Å². The maximum atomic E-state index is 11.8. The molecule has 6 nitrogen and oxygen atoms in total. The molecule has 7 heteroatoms. The number of carbonyl (C=O) groups excluding carboxylic acids is 2. The number of imide groups is 1. The third-order valence-electron chi connectivity index (χ3n) is 3.59. The molecule has 2 heterocycles. The fourth-order valence-electron chi connectivity index (χ4n) is 2.42. The molecular weight excluding hydrogens is 296 g/mol. The molecule has 1 saturated heterocycles. The summed E-state index contributed by atoms with van der Waals surface area (Å²) in [7, 11) is 1.49. The largest absolute Gasteiger partial charge is 0.486 e. The predicted octanol–water partition coefficient (Wildman–Crippen LogP) is 0.958. The highest BCUT2D eigenvalue weighted by Crippen LogP contribution is 2.38. The zero-order valence-corrected chi connectivity index (χ0v) is 12.3. The van der Waals surface area contributed by atoms with Gasteiger partial charge >= 0.3 is 0 Å². The smallest absolute Gasteiger partial charge is 0.246 e. The van der Waals surface area contributed by atoms with Gasteiger partial charge in [0.05, 0.1) is 17.5 Å². The lowest BCUT2D eigenvalue weighted by Gasteiger charge is -2.20. The van der Waals surface area contributed by atoms with Crippen LogP contribution < -0.4 is 14.8 Å². The number of benzene rings is 1. The van der Waals surface area contributed by atoms with E-state index in [4.69, 9.17) is 21.1 Å². The van der Waals surface area contributed by atoms with Gasteiger partial charge in [-0.2, -0.15) is 0 Å².